The number of hydrogen-bond donors (Lipinski definition) is 1. The summed E-state index contributed by atoms with van der Waals surface area (Å²) in [5.41, 5.74) is 1.62. The van der Waals surface area contributed by atoms with Gasteiger partial charge in [-0.2, -0.15) is 5.26 Å². The molecule has 3 rings (SSSR count). The zero-order chi connectivity index (χ0) is 20.6. The van der Waals surface area contributed by atoms with E-state index in [9.17, 15) is 9.18 Å². The third kappa shape index (κ3) is 5.24. The van der Waals surface area contributed by atoms with Gasteiger partial charge in [-0.15, -0.1) is 6.42 Å². The van der Waals surface area contributed by atoms with Crippen molar-refractivity contribution in [3.8, 4) is 18.4 Å². The first-order valence-electron chi connectivity index (χ1n) is 9.43. The van der Waals surface area contributed by atoms with Crippen molar-refractivity contribution in [2.24, 2.45) is 0 Å². The molecule has 1 aromatic carbocycles. The van der Waals surface area contributed by atoms with E-state index in [1.165, 1.54) is 6.07 Å². The Hall–Kier alpha value is -3.58. The number of nitrogens with one attached hydrogen (secondary N) is 1. The molecule has 0 aliphatic carbocycles. The van der Waals surface area contributed by atoms with E-state index in [4.69, 9.17) is 11.7 Å². The van der Waals surface area contributed by atoms with Crippen LogP contribution in [0.5, 0.6) is 0 Å². The maximum Gasteiger partial charge on any atom is 0.318 e. The highest BCUT2D eigenvalue weighted by molar-refractivity contribution is 5.75. The molecular weight excluding hydrogens is 369 g/mol. The third-order valence-corrected chi connectivity index (χ3v) is 4.83. The lowest BCUT2D eigenvalue weighted by atomic mass is 10.0. The van der Waals surface area contributed by atoms with E-state index in [1.807, 2.05) is 23.1 Å². The number of rotatable bonds is 5. The van der Waals surface area contributed by atoms with Crippen molar-refractivity contribution >= 4 is 11.7 Å². The number of nitriles is 1. The quantitative estimate of drug-likeness (QED) is 0.796. The summed E-state index contributed by atoms with van der Waals surface area (Å²) in [4.78, 5) is 20.3. The molecule has 1 aliphatic rings. The number of halogens is 1. The van der Waals surface area contributed by atoms with Crippen LogP contribution in [0.3, 0.4) is 0 Å². The second kappa shape index (κ2) is 9.57. The molecule has 2 amide bonds. The number of urea groups is 1. The van der Waals surface area contributed by atoms with Crippen molar-refractivity contribution < 1.29 is 9.18 Å². The van der Waals surface area contributed by atoms with E-state index < -0.39 is 5.82 Å². The van der Waals surface area contributed by atoms with Gasteiger partial charge in [0, 0.05) is 38.1 Å². The molecular formula is C22H22FN5O. The van der Waals surface area contributed by atoms with Crippen molar-refractivity contribution in [3.05, 3.63) is 59.7 Å². The first-order chi connectivity index (χ1) is 14.1. The molecule has 0 saturated carbocycles. The molecule has 0 spiro atoms. The first-order valence-corrected chi connectivity index (χ1v) is 9.43. The fourth-order valence-electron chi connectivity index (χ4n) is 3.43. The van der Waals surface area contributed by atoms with Crippen LogP contribution < -0.4 is 10.2 Å². The average molecular weight is 391 g/mol. The molecule has 0 unspecified atom stereocenters. The maximum atomic E-state index is 14.4. The molecule has 2 heterocycles. The second-order valence-electron chi connectivity index (χ2n) is 6.93. The van der Waals surface area contributed by atoms with Gasteiger partial charge in [-0.1, -0.05) is 12.0 Å². The molecule has 1 atom stereocenters. The second-order valence-corrected chi connectivity index (χ2v) is 6.93. The summed E-state index contributed by atoms with van der Waals surface area (Å²) in [5, 5.41) is 11.9. The van der Waals surface area contributed by atoms with E-state index in [2.05, 4.69) is 16.2 Å². The van der Waals surface area contributed by atoms with Crippen molar-refractivity contribution in [1.29, 1.82) is 5.26 Å². The highest BCUT2D eigenvalue weighted by Gasteiger charge is 2.25. The van der Waals surface area contributed by atoms with Gasteiger partial charge < -0.3 is 15.1 Å². The Morgan fingerprint density at radius 3 is 3.00 bits per heavy atom. The molecule has 7 heteroatoms. The van der Waals surface area contributed by atoms with E-state index >= 15 is 0 Å². The Balaban J connectivity index is 1.65. The molecule has 1 fully saturated rings. The molecule has 148 valence electrons. The van der Waals surface area contributed by atoms with Crippen molar-refractivity contribution in [3.63, 3.8) is 0 Å². The summed E-state index contributed by atoms with van der Waals surface area (Å²) in [6, 6.07) is 9.71. The number of pyridine rings is 1. The van der Waals surface area contributed by atoms with E-state index in [1.54, 1.807) is 29.4 Å². The lowest BCUT2D eigenvalue weighted by molar-refractivity contribution is 0.196. The number of aromatic nitrogens is 1. The number of amides is 2. The van der Waals surface area contributed by atoms with Gasteiger partial charge in [-0.3, -0.25) is 4.98 Å². The summed E-state index contributed by atoms with van der Waals surface area (Å²) in [6.07, 6.45) is 10.4. The largest absolute Gasteiger partial charge is 0.367 e. The van der Waals surface area contributed by atoms with E-state index in [-0.39, 0.29) is 24.2 Å². The Morgan fingerprint density at radius 1 is 1.45 bits per heavy atom. The zero-order valence-corrected chi connectivity index (χ0v) is 16.0. The molecule has 29 heavy (non-hydrogen) atoms. The number of hydrogen-bond acceptors (Lipinski definition) is 4. The average Bonchev–Trinajstić information content (AvgIpc) is 2.74. The minimum atomic E-state index is -0.429. The number of anilines is 1. The molecule has 0 bridgehead atoms. The van der Waals surface area contributed by atoms with Crippen LogP contribution in [0, 0.1) is 29.5 Å². The van der Waals surface area contributed by atoms with Gasteiger partial charge in [0.15, 0.2) is 0 Å². The topological polar surface area (TPSA) is 72.3 Å². The van der Waals surface area contributed by atoms with Crippen LogP contribution in [0.1, 0.15) is 24.0 Å². The number of piperidine rings is 1. The Labute approximate surface area is 170 Å². The summed E-state index contributed by atoms with van der Waals surface area (Å²) in [5.74, 6) is 2.09. The Kier molecular flexibility index (Phi) is 6.65. The monoisotopic (exact) mass is 391 g/mol. The minimum Gasteiger partial charge on any atom is -0.367 e. The highest BCUT2D eigenvalue weighted by atomic mass is 19.1. The minimum absolute atomic E-state index is 0.125. The van der Waals surface area contributed by atoms with Crippen LogP contribution in [-0.4, -0.2) is 41.6 Å². The summed E-state index contributed by atoms with van der Waals surface area (Å²) >= 11 is 0. The number of benzene rings is 1. The molecule has 2 aromatic rings. The Morgan fingerprint density at radius 2 is 2.31 bits per heavy atom. The predicted molar refractivity (Wildman–Crippen MR) is 108 cm³/mol. The lowest BCUT2D eigenvalue weighted by Crippen LogP contribution is -2.51. The van der Waals surface area contributed by atoms with Crippen molar-refractivity contribution in [2.45, 2.75) is 25.4 Å². The van der Waals surface area contributed by atoms with Crippen LogP contribution in [0.15, 0.2) is 42.7 Å². The Bertz CT molecular complexity index is 934. The predicted octanol–water partition coefficient (Wildman–Crippen LogP) is 2.91. The van der Waals surface area contributed by atoms with Crippen LogP contribution in [-0.2, 0) is 6.54 Å². The SMILES string of the molecule is C#CCN(Cc1cccnc1)C(=O)N[C@H]1CCCN(c2ccc(C#N)cc2F)C1. The summed E-state index contributed by atoms with van der Waals surface area (Å²) in [7, 11) is 0. The molecule has 1 aromatic heterocycles. The van der Waals surface area contributed by atoms with Gasteiger partial charge in [0.05, 0.1) is 23.9 Å². The third-order valence-electron chi connectivity index (χ3n) is 4.83. The molecule has 6 nitrogen and oxygen atoms in total. The maximum absolute atomic E-state index is 14.4. The fourth-order valence-corrected chi connectivity index (χ4v) is 3.43. The van der Waals surface area contributed by atoms with Gasteiger partial charge in [0.25, 0.3) is 0 Å². The van der Waals surface area contributed by atoms with E-state index in [0.717, 1.165) is 18.4 Å². The molecule has 1 saturated heterocycles. The number of carbonyl (C=O) groups excluding carboxylic acids is 1. The van der Waals surface area contributed by atoms with Gasteiger partial charge in [0.2, 0.25) is 0 Å². The van der Waals surface area contributed by atoms with Gasteiger partial charge in [0.1, 0.15) is 5.82 Å². The van der Waals surface area contributed by atoms with Crippen LogP contribution in [0.25, 0.3) is 0 Å². The normalized spacial score (nSPS) is 15.8. The van der Waals surface area contributed by atoms with Crippen LogP contribution in [0.4, 0.5) is 14.9 Å². The summed E-state index contributed by atoms with van der Waals surface area (Å²) in [6.45, 7) is 1.73. The van der Waals surface area contributed by atoms with Gasteiger partial charge >= 0.3 is 6.03 Å². The molecule has 1 N–H and O–H groups in total. The number of carbonyl (C=O) groups is 1. The van der Waals surface area contributed by atoms with Crippen molar-refractivity contribution in [1.82, 2.24) is 15.2 Å². The van der Waals surface area contributed by atoms with Gasteiger partial charge in [-0.05, 0) is 42.7 Å². The molecule has 1 aliphatic heterocycles. The smallest absolute Gasteiger partial charge is 0.318 e. The zero-order valence-electron chi connectivity index (χ0n) is 16.0. The highest BCUT2D eigenvalue weighted by Crippen LogP contribution is 2.24. The van der Waals surface area contributed by atoms with Crippen LogP contribution in [0.2, 0.25) is 0 Å². The van der Waals surface area contributed by atoms with E-state index in [0.29, 0.717) is 25.3 Å². The molecule has 0 radical (unpaired) electrons. The van der Waals surface area contributed by atoms with Gasteiger partial charge in [-0.25, -0.2) is 9.18 Å². The fraction of sp³-hybridized carbons (Fsp3) is 0.318. The van der Waals surface area contributed by atoms with Crippen LogP contribution >= 0.6 is 0 Å². The van der Waals surface area contributed by atoms with Crippen molar-refractivity contribution in [2.75, 3.05) is 24.5 Å². The standard InChI is InChI=1S/C22H22FN5O/c1-2-10-28(15-18-5-3-9-25-14-18)22(29)26-19-6-4-11-27(16-19)21-8-7-17(13-24)12-20(21)23/h1,3,5,7-9,12,14,19H,4,6,10-11,15-16H2,(H,26,29)/t19-/m0/s1. The number of nitrogens with zero attached hydrogens (tertiary/aromatic N) is 4. The summed E-state index contributed by atoms with van der Waals surface area (Å²) < 4.78 is 14.4. The lowest BCUT2D eigenvalue weighted by Gasteiger charge is -2.36. The number of terminal acetylenes is 1. The first kappa shape index (κ1) is 20.2.